The van der Waals surface area contributed by atoms with E-state index in [9.17, 15) is 0 Å². The smallest absolute Gasteiger partial charge is 0.191 e. The third kappa shape index (κ3) is 7.96. The lowest BCUT2D eigenvalue weighted by atomic mass is 9.96. The third-order valence-corrected chi connectivity index (χ3v) is 4.69. The Morgan fingerprint density at radius 1 is 1.32 bits per heavy atom. The van der Waals surface area contributed by atoms with Crippen LogP contribution in [0, 0.1) is 5.92 Å². The second kappa shape index (κ2) is 12.5. The molecule has 0 spiro atoms. The lowest BCUT2D eigenvalue weighted by molar-refractivity contribution is 0.180. The van der Waals surface area contributed by atoms with Gasteiger partial charge in [-0.15, -0.1) is 30.6 Å². The molecule has 140 valence electrons. The molecule has 1 fully saturated rings. The van der Waals surface area contributed by atoms with Crippen molar-refractivity contribution in [1.29, 1.82) is 0 Å². The molecule has 0 atom stereocenters. The Kier molecular flexibility index (Phi) is 11.2. The van der Waals surface area contributed by atoms with Gasteiger partial charge in [-0.2, -0.15) is 0 Å². The average Bonchev–Trinajstić information content (AvgIpc) is 2.60. The fourth-order valence-corrected chi connectivity index (χ4v) is 3.12. The van der Waals surface area contributed by atoms with E-state index in [-0.39, 0.29) is 24.0 Å². The number of nitrogens with zero attached hydrogens (tertiary/aromatic N) is 2. The monoisotopic (exact) mass is 476 g/mol. The van der Waals surface area contributed by atoms with Gasteiger partial charge in [-0.1, -0.05) is 35.9 Å². The van der Waals surface area contributed by atoms with E-state index < -0.39 is 0 Å². The molecule has 0 saturated carbocycles. The molecule has 1 saturated heterocycles. The first-order valence-electron chi connectivity index (χ1n) is 8.81. The van der Waals surface area contributed by atoms with Gasteiger partial charge in [-0.05, 0) is 50.4 Å². The van der Waals surface area contributed by atoms with Gasteiger partial charge >= 0.3 is 0 Å². The van der Waals surface area contributed by atoms with Crippen LogP contribution in [0.15, 0.2) is 41.9 Å². The molecular formula is C19H30ClIN4. The van der Waals surface area contributed by atoms with Crippen LogP contribution in [0.25, 0.3) is 0 Å². The van der Waals surface area contributed by atoms with Crippen LogP contribution >= 0.6 is 35.6 Å². The van der Waals surface area contributed by atoms with E-state index in [0.717, 1.165) is 50.3 Å². The first-order chi connectivity index (χ1) is 11.7. The van der Waals surface area contributed by atoms with Crippen LogP contribution in [0.5, 0.6) is 0 Å². The van der Waals surface area contributed by atoms with Gasteiger partial charge in [-0.25, -0.2) is 0 Å². The van der Waals surface area contributed by atoms with Gasteiger partial charge in [-0.3, -0.25) is 9.89 Å². The van der Waals surface area contributed by atoms with E-state index in [1.807, 2.05) is 18.2 Å². The number of guanidine groups is 1. The summed E-state index contributed by atoms with van der Waals surface area (Å²) in [6.07, 6.45) is 4.23. The van der Waals surface area contributed by atoms with Crippen LogP contribution in [-0.4, -0.2) is 43.6 Å². The number of piperidine rings is 1. The quantitative estimate of drug-likeness (QED) is 0.271. The Morgan fingerprint density at radius 2 is 2.04 bits per heavy atom. The number of hydrogen-bond acceptors (Lipinski definition) is 2. The molecule has 1 aliphatic rings. The summed E-state index contributed by atoms with van der Waals surface area (Å²) in [5.74, 6) is 1.54. The zero-order valence-electron chi connectivity index (χ0n) is 15.0. The molecule has 0 aliphatic carbocycles. The third-order valence-electron chi connectivity index (χ3n) is 4.32. The molecule has 1 aromatic carbocycles. The van der Waals surface area contributed by atoms with Crippen molar-refractivity contribution in [3.05, 3.63) is 47.5 Å². The second-order valence-corrected chi connectivity index (χ2v) is 6.61. The van der Waals surface area contributed by atoms with Gasteiger partial charge in [0.25, 0.3) is 0 Å². The molecule has 4 nitrogen and oxygen atoms in total. The van der Waals surface area contributed by atoms with Gasteiger partial charge < -0.3 is 10.6 Å². The molecule has 1 aromatic rings. The number of hydrogen-bond donors (Lipinski definition) is 2. The molecule has 2 N–H and O–H groups in total. The van der Waals surface area contributed by atoms with E-state index in [2.05, 4.69) is 41.2 Å². The highest BCUT2D eigenvalue weighted by molar-refractivity contribution is 14.0. The molecule has 0 radical (unpaired) electrons. The van der Waals surface area contributed by atoms with Crippen molar-refractivity contribution in [3.63, 3.8) is 0 Å². The van der Waals surface area contributed by atoms with E-state index in [0.29, 0.717) is 5.92 Å². The normalized spacial score (nSPS) is 16.2. The fourth-order valence-electron chi connectivity index (χ4n) is 2.93. The number of likely N-dealkylation sites (tertiary alicyclic amines) is 1. The SMILES string of the molecule is C=CCNC(=NCC1CCN(Cc2ccccc2Cl)CC1)NCC.I. The highest BCUT2D eigenvalue weighted by atomic mass is 127. The average molecular weight is 477 g/mol. The predicted octanol–water partition coefficient (Wildman–Crippen LogP) is 3.91. The number of benzene rings is 1. The Labute approximate surface area is 174 Å². The van der Waals surface area contributed by atoms with Crippen molar-refractivity contribution in [1.82, 2.24) is 15.5 Å². The molecule has 0 aromatic heterocycles. The van der Waals surface area contributed by atoms with Crippen LogP contribution < -0.4 is 10.6 Å². The van der Waals surface area contributed by atoms with E-state index in [4.69, 9.17) is 16.6 Å². The predicted molar refractivity (Wildman–Crippen MR) is 119 cm³/mol. The highest BCUT2D eigenvalue weighted by Gasteiger charge is 2.19. The minimum atomic E-state index is 0. The maximum atomic E-state index is 6.26. The van der Waals surface area contributed by atoms with Gasteiger partial charge in [0.05, 0.1) is 0 Å². The molecule has 1 aliphatic heterocycles. The molecule has 25 heavy (non-hydrogen) atoms. The number of aliphatic imine (C=N–C) groups is 1. The first kappa shape index (κ1) is 22.3. The maximum Gasteiger partial charge on any atom is 0.191 e. The second-order valence-electron chi connectivity index (χ2n) is 6.20. The maximum absolute atomic E-state index is 6.26. The minimum Gasteiger partial charge on any atom is -0.357 e. The van der Waals surface area contributed by atoms with Crippen molar-refractivity contribution < 1.29 is 0 Å². The number of nitrogens with one attached hydrogen (secondary N) is 2. The lowest BCUT2D eigenvalue weighted by Gasteiger charge is -2.31. The Morgan fingerprint density at radius 3 is 2.68 bits per heavy atom. The Hall–Kier alpha value is -0.790. The van der Waals surface area contributed by atoms with Crippen LogP contribution in [-0.2, 0) is 6.54 Å². The minimum absolute atomic E-state index is 0. The molecule has 0 amide bonds. The summed E-state index contributed by atoms with van der Waals surface area (Å²) in [7, 11) is 0. The van der Waals surface area contributed by atoms with Crippen LogP contribution in [0.2, 0.25) is 5.02 Å². The molecule has 6 heteroatoms. The van der Waals surface area contributed by atoms with Crippen LogP contribution in [0.4, 0.5) is 0 Å². The van der Waals surface area contributed by atoms with E-state index in [1.54, 1.807) is 0 Å². The molecule has 0 unspecified atom stereocenters. The van der Waals surface area contributed by atoms with Crippen molar-refractivity contribution in [2.45, 2.75) is 26.3 Å². The zero-order valence-corrected chi connectivity index (χ0v) is 18.1. The number of halogens is 2. The molecule has 2 rings (SSSR count). The zero-order chi connectivity index (χ0) is 17.2. The summed E-state index contributed by atoms with van der Waals surface area (Å²) >= 11 is 6.26. The largest absolute Gasteiger partial charge is 0.357 e. The fraction of sp³-hybridized carbons (Fsp3) is 0.526. The number of rotatable bonds is 7. The van der Waals surface area contributed by atoms with Gasteiger partial charge in [0, 0.05) is 31.2 Å². The lowest BCUT2D eigenvalue weighted by Crippen LogP contribution is -2.38. The molecular weight excluding hydrogens is 447 g/mol. The highest BCUT2D eigenvalue weighted by Crippen LogP contribution is 2.22. The Bertz CT molecular complexity index is 542. The van der Waals surface area contributed by atoms with Crippen molar-refractivity contribution in [2.24, 2.45) is 10.9 Å². The standard InChI is InChI=1S/C19H29ClN4.HI/c1-3-11-22-19(21-4-2)23-14-16-9-12-24(13-10-16)15-17-7-5-6-8-18(17)20;/h3,5-8,16H,1,4,9-15H2,2H3,(H2,21,22,23);1H. The summed E-state index contributed by atoms with van der Waals surface area (Å²) in [6, 6.07) is 8.13. The summed E-state index contributed by atoms with van der Waals surface area (Å²) < 4.78 is 0. The molecule has 1 heterocycles. The van der Waals surface area contributed by atoms with Crippen molar-refractivity contribution in [2.75, 3.05) is 32.7 Å². The summed E-state index contributed by atoms with van der Waals surface area (Å²) in [5.41, 5.74) is 1.22. The summed E-state index contributed by atoms with van der Waals surface area (Å²) in [5, 5.41) is 7.39. The molecule has 0 bridgehead atoms. The van der Waals surface area contributed by atoms with E-state index in [1.165, 1.54) is 18.4 Å². The van der Waals surface area contributed by atoms with Gasteiger partial charge in [0.15, 0.2) is 5.96 Å². The van der Waals surface area contributed by atoms with Crippen LogP contribution in [0.1, 0.15) is 25.3 Å². The first-order valence-corrected chi connectivity index (χ1v) is 9.19. The van der Waals surface area contributed by atoms with Crippen molar-refractivity contribution in [3.8, 4) is 0 Å². The topological polar surface area (TPSA) is 39.7 Å². The summed E-state index contributed by atoms with van der Waals surface area (Å²) in [6.45, 7) is 11.5. The summed E-state index contributed by atoms with van der Waals surface area (Å²) in [4.78, 5) is 7.19. The van der Waals surface area contributed by atoms with Crippen LogP contribution in [0.3, 0.4) is 0 Å². The Balaban J connectivity index is 0.00000312. The van der Waals surface area contributed by atoms with Gasteiger partial charge in [0.1, 0.15) is 0 Å². The van der Waals surface area contributed by atoms with Crippen molar-refractivity contribution >= 4 is 41.5 Å². The van der Waals surface area contributed by atoms with Gasteiger partial charge in [0.2, 0.25) is 0 Å². The van der Waals surface area contributed by atoms with E-state index >= 15 is 0 Å².